The first-order chi connectivity index (χ1) is 16.4. The molecule has 0 heterocycles. The van der Waals surface area contributed by atoms with Crippen molar-refractivity contribution in [2.45, 2.75) is 65.6 Å². The third-order valence-electron chi connectivity index (χ3n) is 5.88. The molecular weight excluding hydrogens is 469 g/mol. The molecule has 0 unspecified atom stereocenters. The van der Waals surface area contributed by atoms with Crippen LogP contribution in [0, 0.1) is 12.7 Å². The highest BCUT2D eigenvalue weighted by Gasteiger charge is 2.27. The lowest BCUT2D eigenvalue weighted by molar-refractivity contribution is -0.140. The topological polar surface area (TPSA) is 86.8 Å². The van der Waals surface area contributed by atoms with Crippen molar-refractivity contribution in [2.75, 3.05) is 17.1 Å². The largest absolute Gasteiger partial charge is 0.352 e. The molecule has 0 aliphatic rings. The summed E-state index contributed by atoms with van der Waals surface area (Å²) in [6.07, 6.45) is 2.23. The van der Waals surface area contributed by atoms with Crippen LogP contribution in [-0.2, 0) is 26.2 Å². The van der Waals surface area contributed by atoms with Gasteiger partial charge in [-0.05, 0) is 69.0 Å². The minimum absolute atomic E-state index is 0.0367. The average molecular weight is 506 g/mol. The van der Waals surface area contributed by atoms with Crippen LogP contribution in [0.3, 0.4) is 0 Å². The standard InChI is InChI=1S/C26H36FN3O4S/c1-6-20(3)28-26(32)21(4)29(18-22-12-14-23(27)15-13-22)25(31)11-8-16-30(35(5,33)34)24-10-7-9-19(2)17-24/h7,9-10,12-15,17,20-21H,6,8,11,16,18H2,1-5H3,(H,28,32)/t20-,21-/m0/s1. The van der Waals surface area contributed by atoms with Crippen molar-refractivity contribution < 1.29 is 22.4 Å². The second kappa shape index (κ2) is 12.7. The summed E-state index contributed by atoms with van der Waals surface area (Å²) in [7, 11) is -3.54. The molecule has 0 aliphatic heterocycles. The van der Waals surface area contributed by atoms with E-state index < -0.39 is 16.1 Å². The summed E-state index contributed by atoms with van der Waals surface area (Å²) in [5.74, 6) is -0.933. The van der Waals surface area contributed by atoms with Gasteiger partial charge in [-0.25, -0.2) is 12.8 Å². The summed E-state index contributed by atoms with van der Waals surface area (Å²) in [6, 6.07) is 12.2. The molecule has 0 aliphatic carbocycles. The van der Waals surface area contributed by atoms with E-state index in [1.165, 1.54) is 21.3 Å². The van der Waals surface area contributed by atoms with E-state index in [0.29, 0.717) is 11.3 Å². The molecule has 0 radical (unpaired) electrons. The van der Waals surface area contributed by atoms with Gasteiger partial charge in [0, 0.05) is 25.6 Å². The number of amides is 2. The molecule has 35 heavy (non-hydrogen) atoms. The van der Waals surface area contributed by atoms with Crippen LogP contribution in [0.2, 0.25) is 0 Å². The van der Waals surface area contributed by atoms with Crippen LogP contribution in [0.5, 0.6) is 0 Å². The molecule has 0 aromatic heterocycles. The Bertz CT molecular complexity index is 1110. The predicted molar refractivity (Wildman–Crippen MR) is 137 cm³/mol. The van der Waals surface area contributed by atoms with Gasteiger partial charge in [-0.2, -0.15) is 0 Å². The van der Waals surface area contributed by atoms with Crippen molar-refractivity contribution in [1.29, 1.82) is 0 Å². The minimum atomic E-state index is -3.54. The number of sulfonamides is 1. The lowest BCUT2D eigenvalue weighted by Gasteiger charge is -2.30. The van der Waals surface area contributed by atoms with Crippen molar-refractivity contribution in [2.24, 2.45) is 0 Å². The van der Waals surface area contributed by atoms with Crippen LogP contribution in [0.25, 0.3) is 0 Å². The van der Waals surface area contributed by atoms with Crippen LogP contribution in [0.4, 0.5) is 10.1 Å². The molecule has 2 aromatic carbocycles. The molecule has 7 nitrogen and oxygen atoms in total. The number of carbonyl (C=O) groups is 2. The Labute approximate surface area is 208 Å². The van der Waals surface area contributed by atoms with E-state index in [4.69, 9.17) is 0 Å². The number of hydrogen-bond donors (Lipinski definition) is 1. The summed E-state index contributed by atoms with van der Waals surface area (Å²) >= 11 is 0. The van der Waals surface area contributed by atoms with Crippen LogP contribution < -0.4 is 9.62 Å². The molecule has 192 valence electrons. The fraction of sp³-hybridized carbons (Fsp3) is 0.462. The summed E-state index contributed by atoms with van der Waals surface area (Å²) in [4.78, 5) is 27.5. The maximum absolute atomic E-state index is 13.4. The van der Waals surface area contributed by atoms with Gasteiger partial charge in [0.15, 0.2) is 0 Å². The molecule has 1 N–H and O–H groups in total. The maximum Gasteiger partial charge on any atom is 0.242 e. The Balaban J connectivity index is 2.16. The van der Waals surface area contributed by atoms with Gasteiger partial charge in [0.05, 0.1) is 11.9 Å². The maximum atomic E-state index is 13.4. The molecule has 0 saturated carbocycles. The molecule has 9 heteroatoms. The van der Waals surface area contributed by atoms with Crippen molar-refractivity contribution in [3.63, 3.8) is 0 Å². The Kier molecular flexibility index (Phi) is 10.2. The Morgan fingerprint density at radius 3 is 2.31 bits per heavy atom. The molecule has 0 spiro atoms. The molecular formula is C26H36FN3O4S. The van der Waals surface area contributed by atoms with Crippen molar-refractivity contribution in [3.8, 4) is 0 Å². The third kappa shape index (κ3) is 8.65. The highest BCUT2D eigenvalue weighted by molar-refractivity contribution is 7.92. The van der Waals surface area contributed by atoms with Gasteiger partial charge in [-0.3, -0.25) is 13.9 Å². The summed E-state index contributed by atoms with van der Waals surface area (Å²) in [5.41, 5.74) is 2.17. The monoisotopic (exact) mass is 505 g/mol. The highest BCUT2D eigenvalue weighted by atomic mass is 32.2. The van der Waals surface area contributed by atoms with E-state index >= 15 is 0 Å². The lowest BCUT2D eigenvalue weighted by atomic mass is 10.1. The van der Waals surface area contributed by atoms with Gasteiger partial charge < -0.3 is 10.2 Å². The van der Waals surface area contributed by atoms with Crippen LogP contribution in [0.15, 0.2) is 48.5 Å². The van der Waals surface area contributed by atoms with Gasteiger partial charge >= 0.3 is 0 Å². The first-order valence-corrected chi connectivity index (χ1v) is 13.7. The van der Waals surface area contributed by atoms with E-state index in [-0.39, 0.29) is 49.6 Å². The fourth-order valence-corrected chi connectivity index (χ4v) is 4.58. The Hall–Kier alpha value is -2.94. The summed E-state index contributed by atoms with van der Waals surface area (Å²) in [6.45, 7) is 7.66. The number of aryl methyl sites for hydroxylation is 1. The van der Waals surface area contributed by atoms with E-state index in [9.17, 15) is 22.4 Å². The predicted octanol–water partition coefficient (Wildman–Crippen LogP) is 4.01. The molecule has 2 atom stereocenters. The van der Waals surface area contributed by atoms with E-state index in [2.05, 4.69) is 5.32 Å². The molecule has 2 amide bonds. The zero-order valence-electron chi connectivity index (χ0n) is 21.1. The fourth-order valence-electron chi connectivity index (χ4n) is 3.62. The van der Waals surface area contributed by atoms with E-state index in [1.807, 2.05) is 26.8 Å². The van der Waals surface area contributed by atoms with Gasteiger partial charge in [0.1, 0.15) is 11.9 Å². The number of hydrogen-bond acceptors (Lipinski definition) is 4. The van der Waals surface area contributed by atoms with Crippen LogP contribution in [0.1, 0.15) is 51.2 Å². The molecule has 0 fully saturated rings. The number of nitrogens with zero attached hydrogens (tertiary/aromatic N) is 2. The first kappa shape index (κ1) is 28.3. The lowest BCUT2D eigenvalue weighted by Crippen LogP contribution is -2.49. The highest BCUT2D eigenvalue weighted by Crippen LogP contribution is 2.20. The number of nitrogens with one attached hydrogen (secondary N) is 1. The Morgan fingerprint density at radius 2 is 1.74 bits per heavy atom. The number of rotatable bonds is 12. The Morgan fingerprint density at radius 1 is 1.09 bits per heavy atom. The molecule has 0 bridgehead atoms. The summed E-state index contributed by atoms with van der Waals surface area (Å²) < 4.78 is 39.4. The SMILES string of the molecule is CC[C@H](C)NC(=O)[C@H](C)N(Cc1ccc(F)cc1)C(=O)CCCN(c1cccc(C)c1)S(C)(=O)=O. The summed E-state index contributed by atoms with van der Waals surface area (Å²) in [5, 5.41) is 2.90. The zero-order chi connectivity index (χ0) is 26.2. The van der Waals surface area contributed by atoms with E-state index in [0.717, 1.165) is 18.2 Å². The average Bonchev–Trinajstić information content (AvgIpc) is 2.79. The second-order valence-corrected chi connectivity index (χ2v) is 10.8. The third-order valence-corrected chi connectivity index (χ3v) is 7.07. The number of halogens is 1. The van der Waals surface area contributed by atoms with Gasteiger partial charge in [0.25, 0.3) is 0 Å². The second-order valence-electron chi connectivity index (χ2n) is 8.92. The van der Waals surface area contributed by atoms with Gasteiger partial charge in [-0.1, -0.05) is 31.2 Å². The molecule has 0 saturated heterocycles. The number of carbonyl (C=O) groups excluding carboxylic acids is 2. The van der Waals surface area contributed by atoms with Crippen molar-refractivity contribution in [1.82, 2.24) is 10.2 Å². The van der Waals surface area contributed by atoms with Crippen LogP contribution in [-0.4, -0.2) is 50.0 Å². The first-order valence-electron chi connectivity index (χ1n) is 11.8. The number of benzene rings is 2. The number of anilines is 1. The molecule has 2 aromatic rings. The normalized spacial score (nSPS) is 13.1. The quantitative estimate of drug-likeness (QED) is 0.472. The van der Waals surface area contributed by atoms with Gasteiger partial charge in [0.2, 0.25) is 21.8 Å². The zero-order valence-corrected chi connectivity index (χ0v) is 21.9. The van der Waals surface area contributed by atoms with E-state index in [1.54, 1.807) is 37.3 Å². The van der Waals surface area contributed by atoms with Gasteiger partial charge in [-0.15, -0.1) is 0 Å². The van der Waals surface area contributed by atoms with Crippen molar-refractivity contribution >= 4 is 27.5 Å². The van der Waals surface area contributed by atoms with Crippen LogP contribution >= 0.6 is 0 Å². The smallest absolute Gasteiger partial charge is 0.242 e. The molecule has 2 rings (SSSR count). The van der Waals surface area contributed by atoms with Crippen molar-refractivity contribution in [3.05, 3.63) is 65.5 Å². The minimum Gasteiger partial charge on any atom is -0.352 e.